The molecule has 8 nitrogen and oxygen atoms in total. The van der Waals surface area contributed by atoms with Gasteiger partial charge >= 0.3 is 5.91 Å². The molecule has 2 heterocycles. The minimum absolute atomic E-state index is 0.00319. The topological polar surface area (TPSA) is 113 Å². The standard InChI is InChI=1S/C17H14ClN3O5/c1-25-8-10-3-5-14(26-10)17(24)21-20-16(23)12-7-19-13-4-2-9(18)6-11(13)15(12)22/h2-7H,8H2,1H3,(H,19,22)(H,20,23)(H,21,24). The highest BCUT2D eigenvalue weighted by atomic mass is 35.5. The SMILES string of the molecule is COCc1ccc(C(=O)NNC(=O)c2c[nH]c3ccc(Cl)cc3c2=O)o1. The third kappa shape index (κ3) is 3.61. The third-order valence-electron chi connectivity index (χ3n) is 3.55. The van der Waals surface area contributed by atoms with Gasteiger partial charge in [-0.25, -0.2) is 0 Å². The number of nitrogens with one attached hydrogen (secondary N) is 3. The Hall–Kier alpha value is -3.10. The van der Waals surface area contributed by atoms with Gasteiger partial charge in [0.05, 0.1) is 0 Å². The Labute approximate surface area is 152 Å². The first-order valence-corrected chi connectivity index (χ1v) is 7.86. The van der Waals surface area contributed by atoms with Crippen molar-refractivity contribution in [3.63, 3.8) is 0 Å². The van der Waals surface area contributed by atoms with E-state index in [1.54, 1.807) is 18.2 Å². The predicted molar refractivity (Wildman–Crippen MR) is 93.9 cm³/mol. The second kappa shape index (κ2) is 7.42. The van der Waals surface area contributed by atoms with Crippen molar-refractivity contribution in [3.8, 4) is 0 Å². The van der Waals surface area contributed by atoms with Crippen LogP contribution in [-0.2, 0) is 11.3 Å². The molecule has 3 rings (SSSR count). The summed E-state index contributed by atoms with van der Waals surface area (Å²) in [6.07, 6.45) is 1.27. The van der Waals surface area contributed by atoms with Crippen LogP contribution >= 0.6 is 11.6 Å². The lowest BCUT2D eigenvalue weighted by Gasteiger charge is -2.07. The van der Waals surface area contributed by atoms with Crippen LogP contribution in [0.25, 0.3) is 10.9 Å². The number of H-pyrrole nitrogens is 1. The van der Waals surface area contributed by atoms with Gasteiger partial charge in [0.2, 0.25) is 5.43 Å². The molecule has 134 valence electrons. The molecular formula is C17H14ClN3O5. The number of benzene rings is 1. The van der Waals surface area contributed by atoms with E-state index in [0.717, 1.165) is 0 Å². The minimum Gasteiger partial charge on any atom is -0.453 e. The first-order chi connectivity index (χ1) is 12.5. The van der Waals surface area contributed by atoms with Crippen LogP contribution in [-0.4, -0.2) is 23.9 Å². The van der Waals surface area contributed by atoms with Crippen molar-refractivity contribution in [2.24, 2.45) is 0 Å². The molecule has 2 aromatic heterocycles. The lowest BCUT2D eigenvalue weighted by atomic mass is 10.1. The number of aromatic amines is 1. The molecule has 2 amide bonds. The number of methoxy groups -OCH3 is 1. The quantitative estimate of drug-likeness (QED) is 0.603. The van der Waals surface area contributed by atoms with Gasteiger partial charge in [-0.1, -0.05) is 11.6 Å². The lowest BCUT2D eigenvalue weighted by Crippen LogP contribution is -2.43. The molecule has 0 aliphatic rings. The number of hydrogen-bond donors (Lipinski definition) is 3. The molecule has 0 saturated heterocycles. The predicted octanol–water partition coefficient (Wildman–Crippen LogP) is 2.00. The average Bonchev–Trinajstić information content (AvgIpc) is 3.09. The molecular weight excluding hydrogens is 362 g/mol. The Morgan fingerprint density at radius 1 is 1.19 bits per heavy atom. The van der Waals surface area contributed by atoms with Crippen LogP contribution in [0.4, 0.5) is 0 Å². The maximum absolute atomic E-state index is 12.4. The molecule has 0 atom stereocenters. The molecule has 1 aromatic carbocycles. The summed E-state index contributed by atoms with van der Waals surface area (Å²) in [6, 6.07) is 7.75. The summed E-state index contributed by atoms with van der Waals surface area (Å²) < 4.78 is 10.1. The second-order valence-corrected chi connectivity index (χ2v) is 5.77. The Morgan fingerprint density at radius 3 is 2.73 bits per heavy atom. The Bertz CT molecular complexity index is 1040. The zero-order chi connectivity index (χ0) is 18.7. The summed E-state index contributed by atoms with van der Waals surface area (Å²) in [7, 11) is 1.50. The van der Waals surface area contributed by atoms with E-state index in [2.05, 4.69) is 15.8 Å². The zero-order valence-corrected chi connectivity index (χ0v) is 14.3. The number of amides is 2. The summed E-state index contributed by atoms with van der Waals surface area (Å²) in [4.78, 5) is 39.5. The van der Waals surface area contributed by atoms with Crippen molar-refractivity contribution in [1.82, 2.24) is 15.8 Å². The van der Waals surface area contributed by atoms with E-state index >= 15 is 0 Å². The van der Waals surface area contributed by atoms with Crippen LogP contribution in [0.5, 0.6) is 0 Å². The fourth-order valence-corrected chi connectivity index (χ4v) is 2.49. The number of fused-ring (bicyclic) bond motifs is 1. The summed E-state index contributed by atoms with van der Waals surface area (Å²) in [5, 5.41) is 0.644. The largest absolute Gasteiger partial charge is 0.453 e. The Balaban J connectivity index is 1.73. The third-order valence-corrected chi connectivity index (χ3v) is 3.78. The van der Waals surface area contributed by atoms with Crippen LogP contribution in [0.2, 0.25) is 5.02 Å². The van der Waals surface area contributed by atoms with Crippen LogP contribution in [0.1, 0.15) is 26.7 Å². The molecule has 0 saturated carbocycles. The van der Waals surface area contributed by atoms with Crippen LogP contribution in [0.15, 0.2) is 45.7 Å². The highest BCUT2D eigenvalue weighted by Crippen LogP contribution is 2.15. The fourth-order valence-electron chi connectivity index (χ4n) is 2.32. The molecule has 0 aliphatic heterocycles. The maximum Gasteiger partial charge on any atom is 0.305 e. The number of aromatic nitrogens is 1. The monoisotopic (exact) mass is 375 g/mol. The van der Waals surface area contributed by atoms with Gasteiger partial charge in [-0.3, -0.25) is 25.2 Å². The number of carbonyl (C=O) groups is 2. The Kier molecular flexibility index (Phi) is 5.06. The lowest BCUT2D eigenvalue weighted by molar-refractivity contribution is 0.0825. The van der Waals surface area contributed by atoms with Gasteiger partial charge in [0, 0.05) is 29.2 Å². The highest BCUT2D eigenvalue weighted by molar-refractivity contribution is 6.31. The van der Waals surface area contributed by atoms with Crippen LogP contribution in [0, 0.1) is 0 Å². The van der Waals surface area contributed by atoms with Gasteiger partial charge in [-0.15, -0.1) is 0 Å². The van der Waals surface area contributed by atoms with Gasteiger partial charge in [0.25, 0.3) is 5.91 Å². The van der Waals surface area contributed by atoms with E-state index in [9.17, 15) is 14.4 Å². The number of pyridine rings is 1. The van der Waals surface area contributed by atoms with Gasteiger partial charge in [0.15, 0.2) is 5.76 Å². The molecule has 0 fully saturated rings. The van der Waals surface area contributed by atoms with Crippen molar-refractivity contribution >= 4 is 34.3 Å². The number of rotatable bonds is 4. The molecule has 9 heteroatoms. The number of carbonyl (C=O) groups excluding carboxylic acids is 2. The van der Waals surface area contributed by atoms with E-state index in [0.29, 0.717) is 16.3 Å². The normalized spacial score (nSPS) is 10.7. The molecule has 0 radical (unpaired) electrons. The molecule has 26 heavy (non-hydrogen) atoms. The molecule has 3 N–H and O–H groups in total. The Morgan fingerprint density at radius 2 is 1.96 bits per heavy atom. The van der Waals surface area contributed by atoms with Crippen molar-refractivity contribution in [1.29, 1.82) is 0 Å². The molecule has 0 spiro atoms. The van der Waals surface area contributed by atoms with Crippen molar-refractivity contribution < 1.29 is 18.7 Å². The van der Waals surface area contributed by atoms with Gasteiger partial charge in [-0.2, -0.15) is 0 Å². The number of furan rings is 1. The van der Waals surface area contributed by atoms with Gasteiger partial charge < -0.3 is 14.1 Å². The van der Waals surface area contributed by atoms with E-state index in [1.165, 1.54) is 25.4 Å². The zero-order valence-electron chi connectivity index (χ0n) is 13.6. The van der Waals surface area contributed by atoms with Gasteiger partial charge in [0.1, 0.15) is 17.9 Å². The van der Waals surface area contributed by atoms with E-state index < -0.39 is 17.2 Å². The fraction of sp³-hybridized carbons (Fsp3) is 0.118. The number of hydrogen-bond acceptors (Lipinski definition) is 5. The summed E-state index contributed by atoms with van der Waals surface area (Å²) >= 11 is 5.89. The molecule has 3 aromatic rings. The highest BCUT2D eigenvalue weighted by Gasteiger charge is 2.16. The summed E-state index contributed by atoms with van der Waals surface area (Å²) in [5.74, 6) is -0.977. The molecule has 0 unspecified atom stereocenters. The van der Waals surface area contributed by atoms with Crippen molar-refractivity contribution in [2.75, 3.05) is 7.11 Å². The van der Waals surface area contributed by atoms with Gasteiger partial charge in [-0.05, 0) is 30.3 Å². The summed E-state index contributed by atoms with van der Waals surface area (Å²) in [5.41, 5.74) is 4.23. The van der Waals surface area contributed by atoms with E-state index in [4.69, 9.17) is 20.8 Å². The van der Waals surface area contributed by atoms with Crippen molar-refractivity contribution in [2.45, 2.75) is 6.61 Å². The van der Waals surface area contributed by atoms with Crippen LogP contribution < -0.4 is 16.3 Å². The van der Waals surface area contributed by atoms with Crippen LogP contribution in [0.3, 0.4) is 0 Å². The first kappa shape index (κ1) is 17.7. The van der Waals surface area contributed by atoms with E-state index in [1.807, 2.05) is 0 Å². The molecule has 0 aliphatic carbocycles. The average molecular weight is 376 g/mol. The van der Waals surface area contributed by atoms with Crippen molar-refractivity contribution in [3.05, 3.63) is 68.9 Å². The number of hydrazine groups is 1. The first-order valence-electron chi connectivity index (χ1n) is 7.49. The summed E-state index contributed by atoms with van der Waals surface area (Å²) in [6.45, 7) is 0.217. The van der Waals surface area contributed by atoms with E-state index in [-0.39, 0.29) is 23.3 Å². The molecule has 0 bridgehead atoms. The smallest absolute Gasteiger partial charge is 0.305 e. The maximum atomic E-state index is 12.4. The number of halogens is 1. The minimum atomic E-state index is -0.773. The number of ether oxygens (including phenoxy) is 1. The second-order valence-electron chi connectivity index (χ2n) is 5.33.